The van der Waals surface area contributed by atoms with Gasteiger partial charge in [0, 0.05) is 5.56 Å². The Morgan fingerprint density at radius 1 is 1.32 bits per heavy atom. The molecule has 2 rings (SSSR count). The van der Waals surface area contributed by atoms with Crippen molar-refractivity contribution in [2.24, 2.45) is 0 Å². The van der Waals surface area contributed by atoms with Gasteiger partial charge in [0.1, 0.15) is 4.88 Å². The van der Waals surface area contributed by atoms with E-state index in [2.05, 4.69) is 10.9 Å². The summed E-state index contributed by atoms with van der Waals surface area (Å²) in [7, 11) is 3.11. The lowest BCUT2D eigenvalue weighted by atomic mass is 10.1. The number of nitrogens with zero attached hydrogens (tertiary/aromatic N) is 1. The molecule has 0 atom stereocenters. The minimum absolute atomic E-state index is 0.0683. The van der Waals surface area contributed by atoms with Crippen molar-refractivity contribution in [2.75, 3.05) is 20.8 Å². The van der Waals surface area contributed by atoms with Gasteiger partial charge in [0.25, 0.3) is 0 Å². The number of methoxy groups -OCH3 is 2. The van der Waals surface area contributed by atoms with E-state index in [0.29, 0.717) is 22.1 Å². The fourth-order valence-electron chi connectivity index (χ4n) is 1.92. The lowest BCUT2D eigenvalue weighted by molar-refractivity contribution is 0.0563. The first-order valence-corrected chi connectivity index (χ1v) is 7.22. The molecule has 0 radical (unpaired) electrons. The Morgan fingerprint density at radius 2 is 2.05 bits per heavy atom. The minimum atomic E-state index is -0.478. The van der Waals surface area contributed by atoms with Gasteiger partial charge in [-0.1, -0.05) is 5.92 Å². The molecule has 114 valence electrons. The van der Waals surface area contributed by atoms with Gasteiger partial charge in [-0.3, -0.25) is 0 Å². The zero-order valence-electron chi connectivity index (χ0n) is 12.5. The molecule has 0 aliphatic carbocycles. The van der Waals surface area contributed by atoms with E-state index in [9.17, 15) is 4.79 Å². The van der Waals surface area contributed by atoms with E-state index < -0.39 is 5.97 Å². The van der Waals surface area contributed by atoms with Gasteiger partial charge in [-0.25, -0.2) is 9.78 Å². The highest BCUT2D eigenvalue weighted by Gasteiger charge is 2.20. The minimum Gasteiger partial charge on any atom is -0.493 e. The zero-order chi connectivity index (χ0) is 16.1. The number of ether oxygens (including phenoxy) is 3. The van der Waals surface area contributed by atoms with E-state index >= 15 is 0 Å². The lowest BCUT2D eigenvalue weighted by Gasteiger charge is -2.09. The highest BCUT2D eigenvalue weighted by Crippen LogP contribution is 2.35. The van der Waals surface area contributed by atoms with Gasteiger partial charge in [0.2, 0.25) is 0 Å². The second-order valence-electron chi connectivity index (χ2n) is 4.26. The van der Waals surface area contributed by atoms with Crippen LogP contribution < -0.4 is 9.47 Å². The molecule has 0 N–H and O–H groups in total. The molecule has 0 saturated heterocycles. The first kappa shape index (κ1) is 15.9. The summed E-state index contributed by atoms with van der Waals surface area (Å²) < 4.78 is 15.5. The van der Waals surface area contributed by atoms with Crippen molar-refractivity contribution in [1.29, 1.82) is 0 Å². The molecule has 6 heteroatoms. The van der Waals surface area contributed by atoms with Crippen LogP contribution >= 0.6 is 11.3 Å². The van der Waals surface area contributed by atoms with Crippen molar-refractivity contribution in [3.63, 3.8) is 0 Å². The summed E-state index contributed by atoms with van der Waals surface area (Å²) in [5.41, 5.74) is 1.29. The monoisotopic (exact) mass is 317 g/mol. The molecule has 0 aliphatic heterocycles. The van der Waals surface area contributed by atoms with Gasteiger partial charge in [0.05, 0.1) is 24.9 Å². The number of esters is 1. The topological polar surface area (TPSA) is 57.7 Å². The van der Waals surface area contributed by atoms with Crippen LogP contribution in [0.2, 0.25) is 0 Å². The van der Waals surface area contributed by atoms with E-state index in [-0.39, 0.29) is 6.61 Å². The number of hydrogen-bond acceptors (Lipinski definition) is 6. The maximum absolute atomic E-state index is 12.1. The van der Waals surface area contributed by atoms with Crippen molar-refractivity contribution in [1.82, 2.24) is 4.98 Å². The summed E-state index contributed by atoms with van der Waals surface area (Å²) in [4.78, 5) is 16.9. The zero-order valence-corrected chi connectivity index (χ0v) is 13.3. The molecular formula is C16H15NO4S. The largest absolute Gasteiger partial charge is 0.493 e. The average molecular weight is 317 g/mol. The molecule has 1 aromatic carbocycles. The first-order valence-electron chi connectivity index (χ1n) is 6.41. The maximum Gasteiger partial charge on any atom is 0.351 e. The molecular weight excluding hydrogens is 302 g/mol. The van der Waals surface area contributed by atoms with Crippen LogP contribution in [0.15, 0.2) is 18.2 Å². The normalized spacial score (nSPS) is 9.91. The second-order valence-corrected chi connectivity index (χ2v) is 5.46. The molecule has 0 amide bonds. The third-order valence-corrected chi connectivity index (χ3v) is 3.81. The van der Waals surface area contributed by atoms with Crippen LogP contribution in [0.4, 0.5) is 0 Å². The molecule has 0 aliphatic rings. The van der Waals surface area contributed by atoms with Gasteiger partial charge < -0.3 is 14.2 Å². The molecule has 5 nitrogen and oxygen atoms in total. The van der Waals surface area contributed by atoms with E-state index in [0.717, 1.165) is 10.6 Å². The standard InChI is InChI=1S/C16H15NO4S/c1-5-8-21-16(18)15-14(17-10(2)22-15)11-6-7-12(19-3)13(9-11)20-4/h1,6-7,9H,8H2,2-4H3. The van der Waals surface area contributed by atoms with Crippen molar-refractivity contribution in [3.8, 4) is 35.1 Å². The Hall–Kier alpha value is -2.52. The van der Waals surface area contributed by atoms with Gasteiger partial charge in [-0.05, 0) is 25.1 Å². The second kappa shape index (κ2) is 6.96. The Kier molecular flexibility index (Phi) is 5.02. The van der Waals surface area contributed by atoms with Crippen LogP contribution in [0.5, 0.6) is 11.5 Å². The number of thiazole rings is 1. The number of benzene rings is 1. The van der Waals surface area contributed by atoms with Gasteiger partial charge in [-0.2, -0.15) is 0 Å². The smallest absolute Gasteiger partial charge is 0.351 e. The fourth-order valence-corrected chi connectivity index (χ4v) is 2.75. The number of rotatable bonds is 5. The number of terminal acetylenes is 1. The number of aryl methyl sites for hydroxylation is 1. The van der Waals surface area contributed by atoms with E-state index in [1.54, 1.807) is 26.4 Å². The molecule has 0 fully saturated rings. The van der Waals surface area contributed by atoms with Crippen molar-refractivity contribution in [3.05, 3.63) is 28.1 Å². The average Bonchev–Trinajstić information content (AvgIpc) is 2.93. The molecule has 0 saturated carbocycles. The Bertz CT molecular complexity index is 730. The highest BCUT2D eigenvalue weighted by atomic mass is 32.1. The third kappa shape index (κ3) is 3.21. The predicted molar refractivity (Wildman–Crippen MR) is 84.5 cm³/mol. The Morgan fingerprint density at radius 3 is 2.68 bits per heavy atom. The highest BCUT2D eigenvalue weighted by molar-refractivity contribution is 7.14. The summed E-state index contributed by atoms with van der Waals surface area (Å²) in [6, 6.07) is 5.35. The van der Waals surface area contributed by atoms with E-state index in [1.807, 2.05) is 13.0 Å². The fraction of sp³-hybridized carbons (Fsp3) is 0.250. The lowest BCUT2D eigenvalue weighted by Crippen LogP contribution is -2.05. The summed E-state index contributed by atoms with van der Waals surface area (Å²) in [5, 5.41) is 0.762. The molecule has 1 aromatic heterocycles. The van der Waals surface area contributed by atoms with Crippen LogP contribution in [0.1, 0.15) is 14.7 Å². The van der Waals surface area contributed by atoms with E-state index in [1.165, 1.54) is 11.3 Å². The van der Waals surface area contributed by atoms with Crippen molar-refractivity contribution < 1.29 is 19.0 Å². The van der Waals surface area contributed by atoms with Crippen molar-refractivity contribution >= 4 is 17.3 Å². The van der Waals surface area contributed by atoms with Crippen LogP contribution in [-0.2, 0) is 4.74 Å². The molecule has 0 unspecified atom stereocenters. The van der Waals surface area contributed by atoms with Crippen molar-refractivity contribution in [2.45, 2.75) is 6.92 Å². The van der Waals surface area contributed by atoms with Crippen LogP contribution in [0, 0.1) is 19.3 Å². The van der Waals surface area contributed by atoms with Crippen LogP contribution in [0.3, 0.4) is 0 Å². The molecule has 0 spiro atoms. The SMILES string of the molecule is C#CCOC(=O)c1sc(C)nc1-c1ccc(OC)c(OC)c1. The molecule has 22 heavy (non-hydrogen) atoms. The van der Waals surface area contributed by atoms with Gasteiger partial charge in [-0.15, -0.1) is 17.8 Å². The van der Waals surface area contributed by atoms with Gasteiger partial charge >= 0.3 is 5.97 Å². The predicted octanol–water partition coefficient (Wildman–Crippen LogP) is 2.93. The van der Waals surface area contributed by atoms with E-state index in [4.69, 9.17) is 20.6 Å². The first-order chi connectivity index (χ1) is 10.6. The number of hydrogen-bond donors (Lipinski definition) is 0. The molecule has 0 bridgehead atoms. The summed E-state index contributed by atoms with van der Waals surface area (Å²) in [5.74, 6) is 2.96. The molecule has 1 heterocycles. The maximum atomic E-state index is 12.1. The summed E-state index contributed by atoms with van der Waals surface area (Å²) >= 11 is 1.26. The number of carbonyl (C=O) groups is 1. The summed E-state index contributed by atoms with van der Waals surface area (Å²) in [6.45, 7) is 1.76. The van der Waals surface area contributed by atoms with Gasteiger partial charge in [0.15, 0.2) is 18.1 Å². The third-order valence-electron chi connectivity index (χ3n) is 2.86. The Labute approximate surface area is 132 Å². The number of carbonyl (C=O) groups excluding carboxylic acids is 1. The quantitative estimate of drug-likeness (QED) is 0.627. The van der Waals surface area contributed by atoms with Crippen LogP contribution in [0.25, 0.3) is 11.3 Å². The summed E-state index contributed by atoms with van der Waals surface area (Å²) in [6.07, 6.45) is 5.11. The van der Waals surface area contributed by atoms with Crippen LogP contribution in [-0.4, -0.2) is 31.8 Å². The molecule has 2 aromatic rings. The number of aromatic nitrogens is 1. The Balaban J connectivity index is 2.45.